The van der Waals surface area contributed by atoms with Crippen molar-refractivity contribution in [2.75, 3.05) is 18.9 Å². The summed E-state index contributed by atoms with van der Waals surface area (Å²) in [7, 11) is 1.78. The van der Waals surface area contributed by atoms with Crippen molar-refractivity contribution in [3.63, 3.8) is 0 Å². The van der Waals surface area contributed by atoms with Crippen LogP contribution in [0.5, 0.6) is 5.88 Å². The lowest BCUT2D eigenvalue weighted by Gasteiger charge is -2.20. The molecule has 1 unspecified atom stereocenters. The first-order chi connectivity index (χ1) is 15.2. The van der Waals surface area contributed by atoms with Gasteiger partial charge < -0.3 is 19.4 Å². The van der Waals surface area contributed by atoms with Crippen molar-refractivity contribution in [2.24, 2.45) is 0 Å². The summed E-state index contributed by atoms with van der Waals surface area (Å²) in [6.07, 6.45) is 2.79. The fourth-order valence-corrected chi connectivity index (χ4v) is 3.54. The van der Waals surface area contributed by atoms with Crippen molar-refractivity contribution in [2.45, 2.75) is 6.10 Å². The Morgan fingerprint density at radius 3 is 2.58 bits per heavy atom. The number of hydrogen-bond acceptors (Lipinski definition) is 6. The van der Waals surface area contributed by atoms with Gasteiger partial charge in [0, 0.05) is 18.3 Å². The molecule has 1 aliphatic heterocycles. The van der Waals surface area contributed by atoms with Gasteiger partial charge in [-0.05, 0) is 42.0 Å². The Morgan fingerprint density at radius 1 is 1.03 bits per heavy atom. The number of amides is 1. The van der Waals surface area contributed by atoms with Gasteiger partial charge in [0.05, 0.1) is 12.7 Å². The Balaban J connectivity index is 1.41. The molecule has 1 N–H and O–H groups in total. The third-order valence-corrected chi connectivity index (χ3v) is 5.18. The number of rotatable bonds is 4. The highest BCUT2D eigenvalue weighted by atomic mass is 16.5. The molecule has 0 saturated carbocycles. The van der Waals surface area contributed by atoms with Crippen LogP contribution in [0.25, 0.3) is 11.3 Å². The zero-order valence-corrected chi connectivity index (χ0v) is 16.9. The molecule has 154 valence electrons. The molecule has 1 amide bonds. The van der Waals surface area contributed by atoms with Gasteiger partial charge in [-0.2, -0.15) is 4.98 Å². The molecule has 7 nitrogen and oxygen atoms in total. The predicted molar refractivity (Wildman–Crippen MR) is 116 cm³/mol. The molecule has 7 heteroatoms. The van der Waals surface area contributed by atoms with E-state index >= 15 is 0 Å². The molecular weight excluding hydrogens is 392 g/mol. The van der Waals surface area contributed by atoms with Gasteiger partial charge in [-0.25, -0.2) is 4.98 Å². The number of anilines is 2. The van der Waals surface area contributed by atoms with E-state index in [-0.39, 0.29) is 12.0 Å². The smallest absolute Gasteiger partial charge is 0.259 e. The third-order valence-electron chi connectivity index (χ3n) is 5.18. The van der Waals surface area contributed by atoms with E-state index in [0.717, 1.165) is 16.8 Å². The summed E-state index contributed by atoms with van der Waals surface area (Å²) in [5, 5.41) is 3.27. The average Bonchev–Trinajstić information content (AvgIpc) is 3.31. The molecule has 5 rings (SSSR count). The molecule has 31 heavy (non-hydrogen) atoms. The second-order valence-electron chi connectivity index (χ2n) is 7.32. The van der Waals surface area contributed by atoms with E-state index < -0.39 is 0 Å². The number of nitrogens with one attached hydrogen (secondary N) is 1. The van der Waals surface area contributed by atoms with Gasteiger partial charge in [-0.15, -0.1) is 0 Å². The number of oxazole rings is 1. The van der Waals surface area contributed by atoms with Crippen LogP contribution in [0.1, 0.15) is 22.0 Å². The number of pyridine rings is 1. The minimum Gasteiger partial charge on any atom is -0.467 e. The largest absolute Gasteiger partial charge is 0.467 e. The van der Waals surface area contributed by atoms with E-state index in [1.54, 1.807) is 30.3 Å². The number of fused-ring (bicyclic) bond motifs is 1. The fraction of sp³-hybridized carbons (Fsp3) is 0.125. The normalized spacial score (nSPS) is 15.7. The first kappa shape index (κ1) is 18.9. The Bertz CT molecular complexity index is 1190. The van der Waals surface area contributed by atoms with Gasteiger partial charge >= 0.3 is 0 Å². The van der Waals surface area contributed by atoms with Crippen molar-refractivity contribution in [1.82, 2.24) is 14.9 Å². The van der Waals surface area contributed by atoms with Crippen LogP contribution in [-0.2, 0) is 0 Å². The lowest BCUT2D eigenvalue weighted by molar-refractivity contribution is 0.0760. The minimum atomic E-state index is -0.291. The molecule has 0 bridgehead atoms. The van der Waals surface area contributed by atoms with Crippen molar-refractivity contribution in [3.05, 3.63) is 90.4 Å². The molecule has 0 spiro atoms. The molecule has 0 saturated heterocycles. The maximum atomic E-state index is 12.8. The molecule has 3 heterocycles. The summed E-state index contributed by atoms with van der Waals surface area (Å²) in [6.45, 7) is 0.449. The minimum absolute atomic E-state index is 0.108. The molecule has 0 fully saturated rings. The molecular formula is C24H20N4O3. The van der Waals surface area contributed by atoms with E-state index in [9.17, 15) is 4.79 Å². The third kappa shape index (κ3) is 3.85. The molecule has 1 aliphatic rings. The second kappa shape index (κ2) is 7.95. The maximum Gasteiger partial charge on any atom is 0.259 e. The summed E-state index contributed by atoms with van der Waals surface area (Å²) >= 11 is 0. The maximum absolute atomic E-state index is 12.8. The molecule has 2 aromatic heterocycles. The number of benzene rings is 2. The van der Waals surface area contributed by atoms with Crippen molar-refractivity contribution >= 4 is 17.4 Å². The van der Waals surface area contributed by atoms with Crippen LogP contribution in [0.3, 0.4) is 0 Å². The molecule has 1 atom stereocenters. The van der Waals surface area contributed by atoms with E-state index in [2.05, 4.69) is 15.3 Å². The highest BCUT2D eigenvalue weighted by molar-refractivity contribution is 5.97. The van der Waals surface area contributed by atoms with Crippen molar-refractivity contribution in [3.8, 4) is 17.2 Å². The summed E-state index contributed by atoms with van der Waals surface area (Å²) in [5.74, 6) is 1.52. The van der Waals surface area contributed by atoms with Gasteiger partial charge in [-0.1, -0.05) is 30.3 Å². The van der Waals surface area contributed by atoms with E-state index in [1.165, 1.54) is 6.39 Å². The van der Waals surface area contributed by atoms with Crippen LogP contribution in [0.15, 0.2) is 83.7 Å². The van der Waals surface area contributed by atoms with Gasteiger partial charge in [0.2, 0.25) is 5.88 Å². The van der Waals surface area contributed by atoms with Gasteiger partial charge in [-0.3, -0.25) is 4.79 Å². The lowest BCUT2D eigenvalue weighted by Crippen LogP contribution is -2.29. The molecule has 2 aromatic carbocycles. The number of carbonyl (C=O) groups excluding carboxylic acids is 1. The summed E-state index contributed by atoms with van der Waals surface area (Å²) in [4.78, 5) is 23.0. The number of ether oxygens (including phenoxy) is 1. The molecule has 4 aromatic rings. The summed E-state index contributed by atoms with van der Waals surface area (Å²) in [5.41, 5.74) is 3.23. The second-order valence-corrected chi connectivity index (χ2v) is 7.32. The summed E-state index contributed by atoms with van der Waals surface area (Å²) < 4.78 is 11.5. The van der Waals surface area contributed by atoms with E-state index in [0.29, 0.717) is 29.6 Å². The van der Waals surface area contributed by atoms with Crippen LogP contribution in [0, 0.1) is 0 Å². The Labute approximate surface area is 179 Å². The SMILES string of the molecule is CN1CC(c2ccccc2)Oc2nc(Nc3ccc(-c4cnco4)cc3)ccc2C1=O. The number of carbonyl (C=O) groups is 1. The molecule has 0 aliphatic carbocycles. The first-order valence-corrected chi connectivity index (χ1v) is 9.91. The van der Waals surface area contributed by atoms with Crippen LogP contribution >= 0.6 is 0 Å². The number of hydrogen-bond donors (Lipinski definition) is 1. The number of aromatic nitrogens is 2. The quantitative estimate of drug-likeness (QED) is 0.524. The Morgan fingerprint density at radius 2 is 1.84 bits per heavy atom. The number of nitrogens with zero attached hydrogens (tertiary/aromatic N) is 3. The zero-order valence-electron chi connectivity index (χ0n) is 16.9. The highest BCUT2D eigenvalue weighted by Crippen LogP contribution is 2.31. The van der Waals surface area contributed by atoms with Gasteiger partial charge in [0.1, 0.15) is 17.5 Å². The Kier molecular flexibility index (Phi) is 4.84. The van der Waals surface area contributed by atoms with Crippen LogP contribution < -0.4 is 10.1 Å². The highest BCUT2D eigenvalue weighted by Gasteiger charge is 2.29. The fourth-order valence-electron chi connectivity index (χ4n) is 3.54. The lowest BCUT2D eigenvalue weighted by atomic mass is 10.1. The average molecular weight is 412 g/mol. The topological polar surface area (TPSA) is 80.5 Å². The summed E-state index contributed by atoms with van der Waals surface area (Å²) in [6, 6.07) is 21.1. The van der Waals surface area contributed by atoms with Crippen molar-refractivity contribution < 1.29 is 13.9 Å². The molecule has 0 radical (unpaired) electrons. The van der Waals surface area contributed by atoms with Gasteiger partial charge in [0.25, 0.3) is 5.91 Å². The van der Waals surface area contributed by atoms with E-state index in [4.69, 9.17) is 9.15 Å². The van der Waals surface area contributed by atoms with Crippen molar-refractivity contribution in [1.29, 1.82) is 0 Å². The Hall–Kier alpha value is -4.13. The van der Waals surface area contributed by atoms with Gasteiger partial charge in [0.15, 0.2) is 12.2 Å². The predicted octanol–water partition coefficient (Wildman–Crippen LogP) is 4.69. The standard InChI is InChI=1S/C24H20N4O3/c1-28-14-21(16-5-3-2-4-6-16)31-23-19(24(28)29)11-12-22(27-23)26-18-9-7-17(8-10-18)20-13-25-15-30-20/h2-13,15,21H,14H2,1H3,(H,26,27). The first-order valence-electron chi connectivity index (χ1n) is 9.91. The van der Waals surface area contributed by atoms with E-state index in [1.807, 2.05) is 54.6 Å². The van der Waals surface area contributed by atoms with Crippen LogP contribution in [0.2, 0.25) is 0 Å². The van der Waals surface area contributed by atoms with Crippen LogP contribution in [-0.4, -0.2) is 34.4 Å². The number of likely N-dealkylation sites (N-methyl/N-ethyl adjacent to an activating group) is 1. The zero-order chi connectivity index (χ0) is 21.2. The van der Waals surface area contributed by atoms with Crippen LogP contribution in [0.4, 0.5) is 11.5 Å². The monoisotopic (exact) mass is 412 g/mol.